The van der Waals surface area contributed by atoms with Crippen molar-refractivity contribution in [3.8, 4) is 22.5 Å². The van der Waals surface area contributed by atoms with Gasteiger partial charge in [0.25, 0.3) is 5.56 Å². The number of aryl methyl sites for hydroxylation is 2. The summed E-state index contributed by atoms with van der Waals surface area (Å²) in [4.78, 5) is 34.8. The van der Waals surface area contributed by atoms with Gasteiger partial charge in [-0.15, -0.1) is 0 Å². The highest BCUT2D eigenvalue weighted by atomic mass is 35.5. The van der Waals surface area contributed by atoms with E-state index < -0.39 is 23.5 Å². The molecule has 14 heteroatoms. The van der Waals surface area contributed by atoms with Crippen LogP contribution in [0.5, 0.6) is 0 Å². The van der Waals surface area contributed by atoms with Crippen molar-refractivity contribution in [1.29, 1.82) is 0 Å². The van der Waals surface area contributed by atoms with E-state index in [1.165, 1.54) is 44.6 Å². The Kier molecular flexibility index (Phi) is 8.08. The van der Waals surface area contributed by atoms with E-state index in [4.69, 9.17) is 11.6 Å². The minimum Gasteiger partial charge on any atom is -0.328 e. The van der Waals surface area contributed by atoms with Gasteiger partial charge in [0.1, 0.15) is 5.15 Å². The van der Waals surface area contributed by atoms with Crippen molar-refractivity contribution in [2.45, 2.75) is 26.2 Å². The smallest absolute Gasteiger partial charge is 0.328 e. The summed E-state index contributed by atoms with van der Waals surface area (Å²) in [5, 5.41) is 1.27. The summed E-state index contributed by atoms with van der Waals surface area (Å²) < 4.78 is 76.8. The Balaban J connectivity index is 0.000000175. The molecule has 0 aromatic carbocycles. The molecule has 224 valence electrons. The van der Waals surface area contributed by atoms with E-state index in [0.29, 0.717) is 44.3 Å². The topological polar surface area (TPSA) is 97.3 Å². The van der Waals surface area contributed by atoms with Crippen molar-refractivity contribution in [3.63, 3.8) is 0 Å². The van der Waals surface area contributed by atoms with E-state index in [1.54, 1.807) is 30.5 Å². The van der Waals surface area contributed by atoms with E-state index in [-0.39, 0.29) is 22.1 Å². The van der Waals surface area contributed by atoms with E-state index >= 15 is 0 Å². The lowest BCUT2D eigenvalue weighted by Gasteiger charge is -2.11. The molecule has 0 unspecified atom stereocenters. The molecule has 0 amide bonds. The zero-order valence-corrected chi connectivity index (χ0v) is 23.5. The van der Waals surface area contributed by atoms with E-state index in [0.717, 1.165) is 12.1 Å². The molecule has 6 aromatic rings. The van der Waals surface area contributed by atoms with Gasteiger partial charge in [-0.3, -0.25) is 24.7 Å². The van der Waals surface area contributed by atoms with Crippen LogP contribution >= 0.6 is 11.6 Å². The van der Waals surface area contributed by atoms with Crippen LogP contribution in [0.15, 0.2) is 78.1 Å². The molecule has 0 aliphatic rings. The molecule has 0 saturated carbocycles. The number of alkyl halides is 6. The third kappa shape index (κ3) is 6.09. The van der Waals surface area contributed by atoms with Gasteiger partial charge in [-0.1, -0.05) is 11.6 Å². The standard InChI is InChI=1S/C15H9ClF3N3.C15H10F3N3O/c1-8-11(15(17,18)19)4-5-12(22-8)10-7-21-14(16)9-3-2-6-20-13(9)10;1-8-11(15(16,17)18)4-5-12(21-8)10-7-20-14(22)9-3-2-6-19-13(9)10/h2-7H,1H3;2-7H,1H3,(H,20,22). The van der Waals surface area contributed by atoms with Crippen LogP contribution in [-0.2, 0) is 12.4 Å². The fraction of sp³-hybridized carbons (Fsp3) is 0.133. The number of hydrogen-bond acceptors (Lipinski definition) is 6. The second-order valence-electron chi connectivity index (χ2n) is 9.45. The molecule has 7 nitrogen and oxygen atoms in total. The summed E-state index contributed by atoms with van der Waals surface area (Å²) in [5.74, 6) is 0. The summed E-state index contributed by atoms with van der Waals surface area (Å²) >= 11 is 6.01. The highest BCUT2D eigenvalue weighted by Crippen LogP contribution is 2.35. The number of aromatic nitrogens is 6. The highest BCUT2D eigenvalue weighted by molar-refractivity contribution is 6.34. The van der Waals surface area contributed by atoms with Crippen molar-refractivity contribution in [2.24, 2.45) is 0 Å². The van der Waals surface area contributed by atoms with Gasteiger partial charge in [0.2, 0.25) is 0 Å². The molecule has 6 rings (SSSR count). The Morgan fingerprint density at radius 1 is 0.682 bits per heavy atom. The third-order valence-electron chi connectivity index (χ3n) is 6.58. The number of nitrogens with one attached hydrogen (secondary N) is 1. The third-order valence-corrected chi connectivity index (χ3v) is 6.88. The van der Waals surface area contributed by atoms with E-state index in [1.807, 2.05) is 0 Å². The van der Waals surface area contributed by atoms with Gasteiger partial charge in [0, 0.05) is 41.3 Å². The van der Waals surface area contributed by atoms with Gasteiger partial charge >= 0.3 is 12.4 Å². The summed E-state index contributed by atoms with van der Waals surface area (Å²) in [6.45, 7) is 2.62. The summed E-state index contributed by atoms with van der Waals surface area (Å²) in [5.41, 5.74) is 0.605. The zero-order valence-electron chi connectivity index (χ0n) is 22.7. The fourth-order valence-electron chi connectivity index (χ4n) is 4.53. The molecule has 0 aliphatic carbocycles. The molecule has 6 heterocycles. The second-order valence-corrected chi connectivity index (χ2v) is 9.81. The van der Waals surface area contributed by atoms with Crippen LogP contribution in [0, 0.1) is 13.8 Å². The Bertz CT molecular complexity index is 2080. The average molecular weight is 629 g/mol. The maximum atomic E-state index is 12.8. The second kappa shape index (κ2) is 11.6. The first-order valence-electron chi connectivity index (χ1n) is 12.7. The summed E-state index contributed by atoms with van der Waals surface area (Å²) in [6, 6.07) is 11.3. The maximum absolute atomic E-state index is 12.8. The van der Waals surface area contributed by atoms with Crippen LogP contribution in [0.4, 0.5) is 26.3 Å². The van der Waals surface area contributed by atoms with Gasteiger partial charge in [-0.2, -0.15) is 26.3 Å². The number of rotatable bonds is 2. The Morgan fingerprint density at radius 2 is 1.18 bits per heavy atom. The number of H-pyrrole nitrogens is 1. The van der Waals surface area contributed by atoms with Gasteiger partial charge in [0.15, 0.2) is 0 Å². The lowest BCUT2D eigenvalue weighted by atomic mass is 10.1. The Morgan fingerprint density at radius 3 is 1.70 bits per heavy atom. The number of nitrogens with zero attached hydrogens (tertiary/aromatic N) is 5. The SMILES string of the molecule is Cc1nc(-c2c[nH]c(=O)c3cccnc23)ccc1C(F)(F)F.Cc1nc(-c2cnc(Cl)c3cccnc23)ccc1C(F)(F)F. The van der Waals surface area contributed by atoms with Crippen LogP contribution in [0.2, 0.25) is 5.15 Å². The van der Waals surface area contributed by atoms with Crippen molar-refractivity contribution < 1.29 is 26.3 Å². The first-order valence-corrected chi connectivity index (χ1v) is 13.1. The lowest BCUT2D eigenvalue weighted by molar-refractivity contribution is -0.139. The monoisotopic (exact) mass is 628 g/mol. The highest BCUT2D eigenvalue weighted by Gasteiger charge is 2.34. The largest absolute Gasteiger partial charge is 0.418 e. The summed E-state index contributed by atoms with van der Waals surface area (Å²) in [7, 11) is 0. The fourth-order valence-corrected chi connectivity index (χ4v) is 4.73. The summed E-state index contributed by atoms with van der Waals surface area (Å²) in [6.07, 6.45) is -2.89. The average Bonchev–Trinajstić information content (AvgIpc) is 2.97. The quantitative estimate of drug-likeness (QED) is 0.154. The molecular weight excluding hydrogens is 610 g/mol. The number of halogens is 7. The number of hydrogen-bond donors (Lipinski definition) is 1. The molecule has 0 radical (unpaired) electrons. The van der Waals surface area contributed by atoms with E-state index in [2.05, 4.69) is 29.9 Å². The van der Waals surface area contributed by atoms with Crippen LogP contribution in [0.25, 0.3) is 44.3 Å². The van der Waals surface area contributed by atoms with Crippen molar-refractivity contribution >= 4 is 33.4 Å². The molecule has 0 aliphatic heterocycles. The predicted octanol–water partition coefficient (Wildman–Crippen LogP) is 7.98. The maximum Gasteiger partial charge on any atom is 0.418 e. The minimum atomic E-state index is -4.44. The molecule has 0 bridgehead atoms. The van der Waals surface area contributed by atoms with Crippen LogP contribution in [-0.4, -0.2) is 29.9 Å². The lowest BCUT2D eigenvalue weighted by Crippen LogP contribution is -2.10. The first kappa shape index (κ1) is 30.5. The molecule has 0 spiro atoms. The van der Waals surface area contributed by atoms with Crippen LogP contribution in [0.1, 0.15) is 22.5 Å². The molecule has 1 N–H and O–H groups in total. The molecule has 0 saturated heterocycles. The van der Waals surface area contributed by atoms with Crippen LogP contribution in [0.3, 0.4) is 0 Å². The predicted molar refractivity (Wildman–Crippen MR) is 153 cm³/mol. The molecule has 0 atom stereocenters. The van der Waals surface area contributed by atoms with Crippen molar-refractivity contribution in [2.75, 3.05) is 0 Å². The minimum absolute atomic E-state index is 0.0935. The first-order chi connectivity index (χ1) is 20.8. The normalized spacial score (nSPS) is 11.8. The van der Waals surface area contributed by atoms with Crippen molar-refractivity contribution in [3.05, 3.63) is 111 Å². The van der Waals surface area contributed by atoms with Crippen molar-refractivity contribution in [1.82, 2.24) is 29.9 Å². The Labute approximate surface area is 249 Å². The number of fused-ring (bicyclic) bond motifs is 2. The zero-order chi connectivity index (χ0) is 31.8. The molecule has 6 aromatic heterocycles. The number of aromatic amines is 1. The Hall–Kier alpha value is -4.91. The van der Waals surface area contributed by atoms with Crippen LogP contribution < -0.4 is 5.56 Å². The molecule has 0 fully saturated rings. The van der Waals surface area contributed by atoms with Gasteiger partial charge in [0.05, 0.1) is 50.3 Å². The molecular formula is C30H19ClF6N6O. The van der Waals surface area contributed by atoms with Gasteiger partial charge < -0.3 is 4.98 Å². The molecule has 44 heavy (non-hydrogen) atoms. The van der Waals surface area contributed by atoms with E-state index in [9.17, 15) is 31.1 Å². The van der Waals surface area contributed by atoms with Gasteiger partial charge in [-0.25, -0.2) is 4.98 Å². The number of pyridine rings is 6. The van der Waals surface area contributed by atoms with Gasteiger partial charge in [-0.05, 0) is 62.4 Å².